The van der Waals surface area contributed by atoms with Gasteiger partial charge in [-0.25, -0.2) is 18.0 Å². The first-order chi connectivity index (χ1) is 25.4. The molecular weight excluding hydrogens is 729 g/mol. The van der Waals surface area contributed by atoms with Crippen LogP contribution in [-0.4, -0.2) is 92.7 Å². The van der Waals surface area contributed by atoms with E-state index in [-0.39, 0.29) is 83.8 Å². The van der Waals surface area contributed by atoms with Crippen LogP contribution in [0.5, 0.6) is 6.01 Å². The Morgan fingerprint density at radius 1 is 1.25 bits per heavy atom. The summed E-state index contributed by atoms with van der Waals surface area (Å²) in [5.41, 5.74) is 5.75. The highest BCUT2D eigenvalue weighted by Crippen LogP contribution is 2.46. The molecule has 6 heterocycles. The summed E-state index contributed by atoms with van der Waals surface area (Å²) in [6.07, 6.45) is 4.17. The molecule has 8 rings (SSSR count). The lowest BCUT2D eigenvalue weighted by Crippen LogP contribution is -2.45. The van der Waals surface area contributed by atoms with Gasteiger partial charge in [0.2, 0.25) is 0 Å². The van der Waals surface area contributed by atoms with Crippen molar-refractivity contribution < 1.29 is 22.7 Å². The van der Waals surface area contributed by atoms with E-state index < -0.39 is 29.4 Å². The molecule has 17 heteroatoms. The first-order valence-electron chi connectivity index (χ1n) is 17.1. The number of rotatable bonds is 6. The predicted octanol–water partition coefficient (Wildman–Crippen LogP) is 6.49. The smallest absolute Gasteiger partial charge is 0.345 e. The van der Waals surface area contributed by atoms with Crippen molar-refractivity contribution in [2.45, 2.75) is 56.4 Å². The predicted molar refractivity (Wildman–Crippen MR) is 194 cm³/mol. The first-order valence-corrected chi connectivity index (χ1v) is 18.2. The van der Waals surface area contributed by atoms with Gasteiger partial charge in [-0.3, -0.25) is 4.90 Å². The molecule has 2 N–H and O–H groups in total. The number of fused-ring (bicyclic) bond motifs is 3. The molecule has 3 aromatic heterocycles. The molecule has 2 aromatic carbocycles. The molecule has 0 bridgehead atoms. The van der Waals surface area contributed by atoms with Crippen LogP contribution in [-0.2, 0) is 0 Å². The number of carbonyl (C=O) groups is 1. The molecule has 3 saturated heterocycles. The minimum Gasteiger partial charge on any atom is -0.461 e. The maximum Gasteiger partial charge on any atom is 0.345 e. The maximum atomic E-state index is 17.2. The number of hydrogen-bond donors (Lipinski definition) is 1. The number of benzene rings is 2. The third-order valence-corrected chi connectivity index (χ3v) is 12.3. The largest absolute Gasteiger partial charge is 0.461 e. The molecule has 272 valence electrons. The molecule has 4 atom stereocenters. The van der Waals surface area contributed by atoms with E-state index in [0.717, 1.165) is 35.4 Å². The van der Waals surface area contributed by atoms with E-state index in [1.807, 2.05) is 24.0 Å². The number of nitrogens with two attached hydrogens (primary N) is 1. The van der Waals surface area contributed by atoms with E-state index in [0.29, 0.717) is 25.9 Å². The number of anilines is 2. The molecule has 0 aliphatic carbocycles. The summed E-state index contributed by atoms with van der Waals surface area (Å²) in [5.74, 6) is -1.17. The Morgan fingerprint density at radius 3 is 2.81 bits per heavy atom. The minimum atomic E-state index is -0.986. The number of hydrogen-bond acceptors (Lipinski definition) is 11. The summed E-state index contributed by atoms with van der Waals surface area (Å²) in [6.45, 7) is 3.42. The van der Waals surface area contributed by atoms with Gasteiger partial charge in [-0.15, -0.1) is 11.3 Å². The summed E-state index contributed by atoms with van der Waals surface area (Å²) in [4.78, 5) is 28.3. The lowest BCUT2D eigenvalue weighted by Gasteiger charge is -2.33. The Bertz CT molecular complexity index is 2410. The van der Waals surface area contributed by atoms with E-state index in [1.54, 1.807) is 11.9 Å². The Kier molecular flexibility index (Phi) is 8.59. The van der Waals surface area contributed by atoms with E-state index in [1.165, 1.54) is 30.6 Å². The third-order valence-electron chi connectivity index (χ3n) is 11.0. The molecule has 3 aliphatic heterocycles. The fraction of sp³-hybridized carbons (Fsp3) is 0.389. The summed E-state index contributed by atoms with van der Waals surface area (Å²) in [6, 6.07) is 6.83. The Hall–Kier alpha value is -5.16. The van der Waals surface area contributed by atoms with Crippen LogP contribution in [0, 0.1) is 34.3 Å². The number of amides is 1. The number of alkyl halides is 1. The Labute approximate surface area is 310 Å². The standard InChI is InChI=1S/C36H32ClF3N10O2S/c1-18-26(6-9-49(18)35(51)50-15-19(12-41)14-44-50)47(2)33-22-10-24(37)28(21-4-5-25(39)31-27(21)23(13-42)32(43)53-31)29(40)30(22)45-34(46-33)52-17-36-7-3-8-48(36)16-20(38)11-36/h4-5,10,14-15,18,20,26H,3,6-9,11,16-17,43H2,1-2H3/t18-,20-,26-,36+/m1/s1. The molecule has 3 aliphatic rings. The van der Waals surface area contributed by atoms with Crippen molar-refractivity contribution in [2.24, 2.45) is 0 Å². The molecular formula is C36H32ClF3N10O2S. The summed E-state index contributed by atoms with van der Waals surface area (Å²) in [5, 5.41) is 23.6. The molecule has 3 fully saturated rings. The van der Waals surface area contributed by atoms with Crippen molar-refractivity contribution in [2.75, 3.05) is 43.9 Å². The van der Waals surface area contributed by atoms with Gasteiger partial charge >= 0.3 is 12.0 Å². The second-order valence-corrected chi connectivity index (χ2v) is 15.3. The van der Waals surface area contributed by atoms with Crippen LogP contribution in [0.4, 0.5) is 28.8 Å². The van der Waals surface area contributed by atoms with Crippen molar-refractivity contribution in [3.8, 4) is 29.3 Å². The zero-order valence-corrected chi connectivity index (χ0v) is 30.2. The van der Waals surface area contributed by atoms with E-state index >= 15 is 4.39 Å². The minimum absolute atomic E-state index is 0.0126. The van der Waals surface area contributed by atoms with Gasteiger partial charge in [0.25, 0.3) is 0 Å². The summed E-state index contributed by atoms with van der Waals surface area (Å²) >= 11 is 7.77. The molecule has 1 amide bonds. The molecule has 0 radical (unpaired) electrons. The number of carbonyl (C=O) groups excluding carboxylic acids is 1. The maximum absolute atomic E-state index is 17.2. The molecule has 12 nitrogen and oxygen atoms in total. The lowest BCUT2D eigenvalue weighted by atomic mass is 9.95. The van der Waals surface area contributed by atoms with Crippen LogP contribution >= 0.6 is 22.9 Å². The number of nitrogen functional groups attached to an aromatic ring is 1. The normalized spacial score (nSPS) is 22.7. The highest BCUT2D eigenvalue weighted by molar-refractivity contribution is 7.23. The van der Waals surface area contributed by atoms with Crippen molar-refractivity contribution >= 4 is 60.8 Å². The number of ether oxygens (including phenoxy) is 1. The summed E-state index contributed by atoms with van der Waals surface area (Å²) in [7, 11) is 1.78. The van der Waals surface area contributed by atoms with Gasteiger partial charge in [0.15, 0.2) is 5.82 Å². The number of thiophene rings is 1. The first kappa shape index (κ1) is 34.9. The molecule has 5 aromatic rings. The molecule has 53 heavy (non-hydrogen) atoms. The number of nitriles is 2. The Balaban J connectivity index is 1.23. The monoisotopic (exact) mass is 760 g/mol. The van der Waals surface area contributed by atoms with Gasteiger partial charge < -0.3 is 20.3 Å². The average molecular weight is 761 g/mol. The zero-order valence-electron chi connectivity index (χ0n) is 28.6. The quantitative estimate of drug-likeness (QED) is 0.203. The lowest BCUT2D eigenvalue weighted by molar-refractivity contribution is 0.107. The van der Waals surface area contributed by atoms with Gasteiger partial charge in [-0.2, -0.15) is 30.3 Å². The second-order valence-electron chi connectivity index (χ2n) is 13.9. The second kappa shape index (κ2) is 13.1. The number of nitrogens with zero attached hydrogens (tertiary/aromatic N) is 9. The van der Waals surface area contributed by atoms with Crippen LogP contribution < -0.4 is 15.4 Å². The van der Waals surface area contributed by atoms with Gasteiger partial charge in [-0.05, 0) is 50.4 Å². The van der Waals surface area contributed by atoms with Crippen LogP contribution in [0.2, 0.25) is 5.02 Å². The molecule has 0 saturated carbocycles. The highest BCUT2D eigenvalue weighted by atomic mass is 35.5. The highest BCUT2D eigenvalue weighted by Gasteiger charge is 2.49. The van der Waals surface area contributed by atoms with Crippen molar-refractivity contribution in [1.82, 2.24) is 29.5 Å². The third kappa shape index (κ3) is 5.59. The van der Waals surface area contributed by atoms with Gasteiger partial charge in [0.1, 0.15) is 47.1 Å². The molecule has 0 unspecified atom stereocenters. The van der Waals surface area contributed by atoms with E-state index in [2.05, 4.69) is 15.0 Å². The van der Waals surface area contributed by atoms with Crippen LogP contribution in [0.15, 0.2) is 30.6 Å². The summed E-state index contributed by atoms with van der Waals surface area (Å²) < 4.78 is 54.2. The topological polar surface area (TPSA) is 153 Å². The fourth-order valence-electron chi connectivity index (χ4n) is 8.38. The van der Waals surface area contributed by atoms with Crippen molar-refractivity contribution in [1.29, 1.82) is 10.5 Å². The van der Waals surface area contributed by atoms with E-state index in [4.69, 9.17) is 27.1 Å². The number of likely N-dealkylation sites (N-methyl/N-ethyl adjacent to an activating group) is 1. The molecule has 0 spiro atoms. The number of aromatic nitrogens is 4. The number of halogens is 4. The van der Waals surface area contributed by atoms with Crippen LogP contribution in [0.25, 0.3) is 32.1 Å². The van der Waals surface area contributed by atoms with Gasteiger partial charge in [0, 0.05) is 42.9 Å². The SMILES string of the molecule is C[C@@H]1[C@H](N(C)c2nc(OC[C@@]34CCCN3C[C@H](F)C4)nc3c(F)c(-c4ccc(F)c5sc(N)c(C#N)c45)c(Cl)cc23)CCN1C(=O)n1cc(C#N)cn1. The van der Waals surface area contributed by atoms with Crippen LogP contribution in [0.3, 0.4) is 0 Å². The van der Waals surface area contributed by atoms with Crippen molar-refractivity contribution in [3.05, 3.63) is 58.4 Å². The van der Waals surface area contributed by atoms with Crippen LogP contribution in [0.1, 0.15) is 43.7 Å². The van der Waals surface area contributed by atoms with E-state index in [9.17, 15) is 24.1 Å². The van der Waals surface area contributed by atoms with Crippen molar-refractivity contribution in [3.63, 3.8) is 0 Å². The fourth-order valence-corrected chi connectivity index (χ4v) is 9.62. The number of likely N-dealkylation sites (tertiary alicyclic amines) is 1. The average Bonchev–Trinajstić information content (AvgIpc) is 3.96. The Morgan fingerprint density at radius 2 is 2.06 bits per heavy atom. The zero-order chi connectivity index (χ0) is 37.3. The van der Waals surface area contributed by atoms with Gasteiger partial charge in [0.05, 0.1) is 50.9 Å². The van der Waals surface area contributed by atoms with Gasteiger partial charge in [-0.1, -0.05) is 17.7 Å².